The third-order valence-electron chi connectivity index (χ3n) is 2.77. The van der Waals surface area contributed by atoms with Gasteiger partial charge in [0.2, 0.25) is 0 Å². The Hall–Kier alpha value is -1.84. The monoisotopic (exact) mass is 248 g/mol. The molecule has 0 saturated heterocycles. The Morgan fingerprint density at radius 2 is 2.22 bits per heavy atom. The number of aryl methyl sites for hydroxylation is 2. The zero-order valence-electron chi connectivity index (χ0n) is 10.7. The molecule has 1 aromatic heterocycles. The van der Waals surface area contributed by atoms with Crippen molar-refractivity contribution in [2.75, 3.05) is 0 Å². The first-order valence-electron chi connectivity index (χ1n) is 6.09. The second-order valence-corrected chi connectivity index (χ2v) is 4.30. The van der Waals surface area contributed by atoms with Crippen LogP contribution in [-0.4, -0.2) is 9.78 Å². The molecule has 2 aromatic rings. The van der Waals surface area contributed by atoms with Crippen molar-refractivity contribution in [1.82, 2.24) is 9.78 Å². The summed E-state index contributed by atoms with van der Waals surface area (Å²) in [4.78, 5) is 0. The molecule has 18 heavy (non-hydrogen) atoms. The highest BCUT2D eigenvalue weighted by Crippen LogP contribution is 2.15. The van der Waals surface area contributed by atoms with Crippen molar-refractivity contribution in [2.45, 2.75) is 33.4 Å². The summed E-state index contributed by atoms with van der Waals surface area (Å²) in [6, 6.07) is 4.72. The quantitative estimate of drug-likeness (QED) is 0.811. The molecule has 2 rings (SSSR count). The first-order chi connectivity index (χ1) is 8.69. The van der Waals surface area contributed by atoms with Gasteiger partial charge in [-0.1, -0.05) is 13.0 Å². The van der Waals surface area contributed by atoms with Crippen molar-refractivity contribution < 1.29 is 9.13 Å². The van der Waals surface area contributed by atoms with Crippen LogP contribution < -0.4 is 4.74 Å². The molecule has 1 heterocycles. The summed E-state index contributed by atoms with van der Waals surface area (Å²) >= 11 is 0. The van der Waals surface area contributed by atoms with Crippen LogP contribution in [0.1, 0.15) is 24.5 Å². The average Bonchev–Trinajstić information content (AvgIpc) is 2.79. The van der Waals surface area contributed by atoms with Gasteiger partial charge in [-0.15, -0.1) is 0 Å². The van der Waals surface area contributed by atoms with Crippen molar-refractivity contribution in [3.63, 3.8) is 0 Å². The van der Waals surface area contributed by atoms with E-state index in [9.17, 15) is 4.39 Å². The van der Waals surface area contributed by atoms with E-state index in [-0.39, 0.29) is 5.82 Å². The highest BCUT2D eigenvalue weighted by molar-refractivity contribution is 5.26. The molecule has 0 radical (unpaired) electrons. The number of benzene rings is 1. The summed E-state index contributed by atoms with van der Waals surface area (Å²) in [6.45, 7) is 5.28. The van der Waals surface area contributed by atoms with E-state index in [0.29, 0.717) is 12.4 Å². The molecule has 0 spiro atoms. The predicted octanol–water partition coefficient (Wildman–Crippen LogP) is 3.32. The second kappa shape index (κ2) is 5.67. The summed E-state index contributed by atoms with van der Waals surface area (Å²) in [7, 11) is 0. The number of hydrogen-bond donors (Lipinski definition) is 0. The lowest BCUT2D eigenvalue weighted by atomic mass is 10.1. The van der Waals surface area contributed by atoms with Crippen molar-refractivity contribution in [3.05, 3.63) is 47.5 Å². The van der Waals surface area contributed by atoms with Crippen LogP contribution in [0.5, 0.6) is 5.75 Å². The van der Waals surface area contributed by atoms with Gasteiger partial charge in [0, 0.05) is 6.54 Å². The van der Waals surface area contributed by atoms with Gasteiger partial charge in [-0.2, -0.15) is 5.10 Å². The van der Waals surface area contributed by atoms with Crippen LogP contribution in [0.3, 0.4) is 0 Å². The van der Waals surface area contributed by atoms with Crippen LogP contribution in [0.15, 0.2) is 30.6 Å². The normalized spacial score (nSPS) is 10.6. The van der Waals surface area contributed by atoms with Crippen LogP contribution >= 0.6 is 0 Å². The summed E-state index contributed by atoms with van der Waals surface area (Å²) in [5.74, 6) is 0.480. The molecule has 0 N–H and O–H groups in total. The van der Waals surface area contributed by atoms with Gasteiger partial charge in [0.25, 0.3) is 0 Å². The average molecular weight is 248 g/mol. The summed E-state index contributed by atoms with van der Waals surface area (Å²) < 4.78 is 20.6. The first kappa shape index (κ1) is 12.6. The minimum Gasteiger partial charge on any atom is -0.486 e. The summed E-state index contributed by atoms with van der Waals surface area (Å²) in [5.41, 5.74) is 1.88. The molecule has 0 amide bonds. The van der Waals surface area contributed by atoms with Crippen molar-refractivity contribution in [2.24, 2.45) is 0 Å². The van der Waals surface area contributed by atoms with E-state index in [1.165, 1.54) is 12.1 Å². The summed E-state index contributed by atoms with van der Waals surface area (Å²) in [6.07, 6.45) is 4.58. The van der Waals surface area contributed by atoms with Crippen molar-refractivity contribution in [1.29, 1.82) is 0 Å². The number of aromatic nitrogens is 2. The fourth-order valence-electron chi connectivity index (χ4n) is 1.73. The van der Waals surface area contributed by atoms with Crippen LogP contribution in [0, 0.1) is 12.7 Å². The molecule has 0 atom stereocenters. The smallest absolute Gasteiger partial charge is 0.157 e. The Morgan fingerprint density at radius 1 is 1.39 bits per heavy atom. The third kappa shape index (κ3) is 3.09. The van der Waals surface area contributed by atoms with E-state index in [0.717, 1.165) is 24.1 Å². The van der Waals surface area contributed by atoms with Crippen LogP contribution in [0.2, 0.25) is 0 Å². The van der Waals surface area contributed by atoms with Gasteiger partial charge in [0.05, 0.1) is 12.4 Å². The van der Waals surface area contributed by atoms with Gasteiger partial charge >= 0.3 is 0 Å². The minimum atomic E-state index is -0.235. The lowest BCUT2D eigenvalue weighted by molar-refractivity contribution is 0.304. The van der Waals surface area contributed by atoms with Crippen molar-refractivity contribution >= 4 is 0 Å². The van der Waals surface area contributed by atoms with Gasteiger partial charge in [0.15, 0.2) is 5.75 Å². The third-order valence-corrected chi connectivity index (χ3v) is 2.77. The maximum absolute atomic E-state index is 13.1. The number of nitrogens with zero attached hydrogens (tertiary/aromatic N) is 2. The highest BCUT2D eigenvalue weighted by atomic mass is 19.1. The molecule has 0 bridgehead atoms. The molecular weight excluding hydrogens is 231 g/mol. The lowest BCUT2D eigenvalue weighted by Crippen LogP contribution is -1.98. The first-order valence-corrected chi connectivity index (χ1v) is 6.09. The minimum absolute atomic E-state index is 0.235. The molecule has 0 aliphatic rings. The topological polar surface area (TPSA) is 27.1 Å². The van der Waals surface area contributed by atoms with E-state index in [2.05, 4.69) is 12.0 Å². The molecule has 3 nitrogen and oxygen atoms in total. The predicted molar refractivity (Wildman–Crippen MR) is 68.0 cm³/mol. The Bertz CT molecular complexity index is 522. The molecule has 1 aromatic carbocycles. The van der Waals surface area contributed by atoms with E-state index in [1.807, 2.05) is 17.8 Å². The molecule has 4 heteroatoms. The molecule has 0 fully saturated rings. The van der Waals surface area contributed by atoms with E-state index in [4.69, 9.17) is 4.74 Å². The zero-order chi connectivity index (χ0) is 13.0. The fourth-order valence-corrected chi connectivity index (χ4v) is 1.73. The van der Waals surface area contributed by atoms with Gasteiger partial charge in [-0.25, -0.2) is 4.39 Å². The standard InChI is InChI=1S/C14H17FN2O/c1-3-6-17-9-14(8-16-17)18-10-12-7-13(15)5-4-11(12)2/h4-5,7-9H,3,6,10H2,1-2H3. The molecule has 0 aliphatic carbocycles. The Labute approximate surface area is 106 Å². The lowest BCUT2D eigenvalue weighted by Gasteiger charge is -2.06. The molecule has 96 valence electrons. The number of halogens is 1. The molecule has 0 aliphatic heterocycles. The van der Waals surface area contributed by atoms with Gasteiger partial charge in [-0.3, -0.25) is 4.68 Å². The van der Waals surface area contributed by atoms with Gasteiger partial charge in [-0.05, 0) is 36.6 Å². The Balaban J connectivity index is 1.99. The maximum Gasteiger partial charge on any atom is 0.157 e. The van der Waals surface area contributed by atoms with E-state index < -0.39 is 0 Å². The van der Waals surface area contributed by atoms with E-state index in [1.54, 1.807) is 12.3 Å². The number of rotatable bonds is 5. The fraction of sp³-hybridized carbons (Fsp3) is 0.357. The number of hydrogen-bond acceptors (Lipinski definition) is 2. The van der Waals surface area contributed by atoms with E-state index >= 15 is 0 Å². The van der Waals surface area contributed by atoms with Gasteiger partial charge < -0.3 is 4.74 Å². The SMILES string of the molecule is CCCn1cc(OCc2cc(F)ccc2C)cn1. The van der Waals surface area contributed by atoms with Crippen LogP contribution in [0.4, 0.5) is 4.39 Å². The molecule has 0 saturated carbocycles. The van der Waals surface area contributed by atoms with Crippen molar-refractivity contribution in [3.8, 4) is 5.75 Å². The zero-order valence-corrected chi connectivity index (χ0v) is 10.7. The largest absolute Gasteiger partial charge is 0.486 e. The maximum atomic E-state index is 13.1. The Kier molecular flexibility index (Phi) is 3.97. The summed E-state index contributed by atoms with van der Waals surface area (Å²) in [5, 5.41) is 4.18. The Morgan fingerprint density at radius 3 is 3.00 bits per heavy atom. The van der Waals surface area contributed by atoms with Gasteiger partial charge in [0.1, 0.15) is 12.4 Å². The molecular formula is C14H17FN2O. The second-order valence-electron chi connectivity index (χ2n) is 4.30. The van der Waals surface area contributed by atoms with Crippen LogP contribution in [0.25, 0.3) is 0 Å². The number of ether oxygens (including phenoxy) is 1. The molecule has 0 unspecified atom stereocenters. The highest BCUT2D eigenvalue weighted by Gasteiger charge is 2.03. The van der Waals surface area contributed by atoms with Crippen LogP contribution in [-0.2, 0) is 13.2 Å².